The second-order valence-electron chi connectivity index (χ2n) is 2.93. The first-order chi connectivity index (χ1) is 6.25. The van der Waals surface area contributed by atoms with Crippen molar-refractivity contribution in [1.29, 1.82) is 0 Å². The molecule has 3 nitrogen and oxygen atoms in total. The number of aliphatic carboxylic acids is 1. The van der Waals surface area contributed by atoms with Gasteiger partial charge in [-0.2, -0.15) is 0 Å². The van der Waals surface area contributed by atoms with Gasteiger partial charge in [-0.1, -0.05) is 19.4 Å². The van der Waals surface area contributed by atoms with Crippen LogP contribution in [0.25, 0.3) is 0 Å². The lowest BCUT2D eigenvalue weighted by molar-refractivity contribution is -0.139. The number of hydrogen-bond donors (Lipinski definition) is 1. The van der Waals surface area contributed by atoms with Crippen LogP contribution in [0.3, 0.4) is 0 Å². The van der Waals surface area contributed by atoms with Crippen molar-refractivity contribution in [3.8, 4) is 0 Å². The van der Waals surface area contributed by atoms with E-state index in [2.05, 4.69) is 4.98 Å². The molecule has 0 unspecified atom stereocenters. The van der Waals surface area contributed by atoms with Crippen molar-refractivity contribution in [2.75, 3.05) is 0 Å². The summed E-state index contributed by atoms with van der Waals surface area (Å²) in [6, 6.07) is 5.36. The SMILES string of the molecule is CCC[C@H](C(=O)O)c1ccccn1. The molecule has 0 saturated carbocycles. The molecule has 0 fully saturated rings. The Morgan fingerprint density at radius 1 is 1.62 bits per heavy atom. The van der Waals surface area contributed by atoms with Gasteiger partial charge in [0.1, 0.15) is 0 Å². The molecule has 0 aliphatic rings. The van der Waals surface area contributed by atoms with Crippen LogP contribution in [0, 0.1) is 0 Å². The van der Waals surface area contributed by atoms with Crippen molar-refractivity contribution in [2.24, 2.45) is 0 Å². The summed E-state index contributed by atoms with van der Waals surface area (Å²) in [7, 11) is 0. The molecule has 1 heterocycles. The molecule has 0 spiro atoms. The summed E-state index contributed by atoms with van der Waals surface area (Å²) in [5.41, 5.74) is 0.650. The van der Waals surface area contributed by atoms with Gasteiger partial charge in [0.15, 0.2) is 0 Å². The molecule has 0 aromatic carbocycles. The van der Waals surface area contributed by atoms with Gasteiger partial charge in [-0.3, -0.25) is 9.78 Å². The molecule has 1 N–H and O–H groups in total. The zero-order valence-electron chi connectivity index (χ0n) is 7.60. The summed E-state index contributed by atoms with van der Waals surface area (Å²) in [5, 5.41) is 8.92. The van der Waals surface area contributed by atoms with E-state index in [0.29, 0.717) is 12.1 Å². The maximum absolute atomic E-state index is 10.8. The van der Waals surface area contributed by atoms with E-state index in [9.17, 15) is 4.79 Å². The van der Waals surface area contributed by atoms with E-state index >= 15 is 0 Å². The van der Waals surface area contributed by atoms with Gasteiger partial charge < -0.3 is 5.11 Å². The van der Waals surface area contributed by atoms with E-state index in [4.69, 9.17) is 5.11 Å². The van der Waals surface area contributed by atoms with Crippen molar-refractivity contribution in [2.45, 2.75) is 25.7 Å². The standard InChI is InChI=1S/C10H13NO2/c1-2-5-8(10(12)13)9-6-3-4-7-11-9/h3-4,6-8H,2,5H2,1H3,(H,12,13)/t8-/m0/s1. The summed E-state index contributed by atoms with van der Waals surface area (Å²) in [5.74, 6) is -1.24. The first-order valence-corrected chi connectivity index (χ1v) is 4.39. The summed E-state index contributed by atoms with van der Waals surface area (Å²) in [6.07, 6.45) is 3.13. The number of hydrogen-bond acceptors (Lipinski definition) is 2. The average molecular weight is 179 g/mol. The Kier molecular flexibility index (Phi) is 3.43. The van der Waals surface area contributed by atoms with Gasteiger partial charge in [-0.15, -0.1) is 0 Å². The van der Waals surface area contributed by atoms with Crippen LogP contribution in [0.1, 0.15) is 31.4 Å². The van der Waals surface area contributed by atoms with Gasteiger partial charge >= 0.3 is 5.97 Å². The molecule has 1 atom stereocenters. The van der Waals surface area contributed by atoms with Crippen LogP contribution in [-0.4, -0.2) is 16.1 Å². The fourth-order valence-electron chi connectivity index (χ4n) is 1.27. The molecule has 0 radical (unpaired) electrons. The number of carboxylic acids is 1. The predicted octanol–water partition coefficient (Wildman–Crippen LogP) is 2.05. The lowest BCUT2D eigenvalue weighted by Gasteiger charge is -2.09. The normalized spacial score (nSPS) is 12.4. The van der Waals surface area contributed by atoms with Crippen LogP contribution in [0.5, 0.6) is 0 Å². The lowest BCUT2D eigenvalue weighted by atomic mass is 10.00. The molecule has 70 valence electrons. The molecule has 0 amide bonds. The molecule has 13 heavy (non-hydrogen) atoms. The van der Waals surface area contributed by atoms with Crippen molar-refractivity contribution in [1.82, 2.24) is 4.98 Å². The Hall–Kier alpha value is -1.38. The second-order valence-corrected chi connectivity index (χ2v) is 2.93. The van der Waals surface area contributed by atoms with E-state index in [0.717, 1.165) is 6.42 Å². The molecule has 0 saturated heterocycles. The van der Waals surface area contributed by atoms with Gasteiger partial charge in [0.2, 0.25) is 0 Å². The smallest absolute Gasteiger partial charge is 0.312 e. The molecular weight excluding hydrogens is 166 g/mol. The minimum absolute atomic E-state index is 0.453. The maximum atomic E-state index is 10.8. The molecule has 3 heteroatoms. The summed E-state index contributed by atoms with van der Waals surface area (Å²) < 4.78 is 0. The molecule has 1 aromatic rings. The monoisotopic (exact) mass is 179 g/mol. The quantitative estimate of drug-likeness (QED) is 0.769. The van der Waals surface area contributed by atoms with E-state index in [1.165, 1.54) is 0 Å². The van der Waals surface area contributed by atoms with Gasteiger partial charge in [0, 0.05) is 6.20 Å². The fourth-order valence-corrected chi connectivity index (χ4v) is 1.27. The molecule has 0 aliphatic heterocycles. The van der Waals surface area contributed by atoms with Gasteiger partial charge in [-0.05, 0) is 18.6 Å². The van der Waals surface area contributed by atoms with Crippen LogP contribution in [0.4, 0.5) is 0 Å². The summed E-state index contributed by atoms with van der Waals surface area (Å²) >= 11 is 0. The molecule has 0 bridgehead atoms. The van der Waals surface area contributed by atoms with E-state index < -0.39 is 11.9 Å². The average Bonchev–Trinajstić information content (AvgIpc) is 2.15. The largest absolute Gasteiger partial charge is 0.481 e. The van der Waals surface area contributed by atoms with Gasteiger partial charge in [-0.25, -0.2) is 0 Å². The summed E-state index contributed by atoms with van der Waals surface area (Å²) in [4.78, 5) is 14.9. The number of rotatable bonds is 4. The van der Waals surface area contributed by atoms with E-state index in [1.54, 1.807) is 18.3 Å². The number of carbonyl (C=O) groups is 1. The topological polar surface area (TPSA) is 50.2 Å². The van der Waals surface area contributed by atoms with Crippen molar-refractivity contribution in [3.05, 3.63) is 30.1 Å². The van der Waals surface area contributed by atoms with E-state index in [1.807, 2.05) is 13.0 Å². The van der Waals surface area contributed by atoms with Crippen molar-refractivity contribution < 1.29 is 9.90 Å². The Balaban J connectivity index is 2.82. The maximum Gasteiger partial charge on any atom is 0.312 e. The second kappa shape index (κ2) is 4.60. The lowest BCUT2D eigenvalue weighted by Crippen LogP contribution is -2.12. The number of pyridine rings is 1. The van der Waals surface area contributed by atoms with Crippen molar-refractivity contribution in [3.63, 3.8) is 0 Å². The number of nitrogens with zero attached hydrogens (tertiary/aromatic N) is 1. The minimum atomic E-state index is -0.791. The Bertz CT molecular complexity index is 272. The highest BCUT2D eigenvalue weighted by Crippen LogP contribution is 2.18. The van der Waals surface area contributed by atoms with Crippen LogP contribution >= 0.6 is 0 Å². The predicted molar refractivity (Wildman–Crippen MR) is 49.5 cm³/mol. The van der Waals surface area contributed by atoms with E-state index in [-0.39, 0.29) is 0 Å². The van der Waals surface area contributed by atoms with Crippen LogP contribution in [0.2, 0.25) is 0 Å². The Morgan fingerprint density at radius 3 is 2.85 bits per heavy atom. The first kappa shape index (κ1) is 9.71. The molecule has 0 aliphatic carbocycles. The highest BCUT2D eigenvalue weighted by atomic mass is 16.4. The van der Waals surface area contributed by atoms with Crippen molar-refractivity contribution >= 4 is 5.97 Å². The number of carboxylic acid groups (broad SMARTS) is 1. The molecule has 1 rings (SSSR count). The third-order valence-corrected chi connectivity index (χ3v) is 1.92. The van der Waals surface area contributed by atoms with Crippen LogP contribution in [0.15, 0.2) is 24.4 Å². The minimum Gasteiger partial charge on any atom is -0.481 e. The zero-order chi connectivity index (χ0) is 9.68. The third-order valence-electron chi connectivity index (χ3n) is 1.92. The highest BCUT2D eigenvalue weighted by molar-refractivity contribution is 5.75. The van der Waals surface area contributed by atoms with Crippen LogP contribution < -0.4 is 0 Å². The van der Waals surface area contributed by atoms with Crippen LogP contribution in [-0.2, 0) is 4.79 Å². The molecule has 1 aromatic heterocycles. The van der Waals surface area contributed by atoms with Gasteiger partial charge in [0.05, 0.1) is 11.6 Å². The highest BCUT2D eigenvalue weighted by Gasteiger charge is 2.19. The summed E-state index contributed by atoms with van der Waals surface area (Å²) in [6.45, 7) is 1.97. The third kappa shape index (κ3) is 2.54. The Morgan fingerprint density at radius 2 is 2.38 bits per heavy atom. The zero-order valence-corrected chi connectivity index (χ0v) is 7.60. The van der Waals surface area contributed by atoms with Gasteiger partial charge in [0.25, 0.3) is 0 Å². The first-order valence-electron chi connectivity index (χ1n) is 4.39. The fraction of sp³-hybridized carbons (Fsp3) is 0.400. The molecular formula is C10H13NO2. The Labute approximate surface area is 77.4 Å². The number of aromatic nitrogens is 1.